The predicted molar refractivity (Wildman–Crippen MR) is 64.3 cm³/mol. The summed E-state index contributed by atoms with van der Waals surface area (Å²) < 4.78 is 17.6. The minimum atomic E-state index is -0.733. The van der Waals surface area contributed by atoms with Gasteiger partial charge in [-0.15, -0.1) is 0 Å². The fourth-order valence-electron chi connectivity index (χ4n) is 1.55. The molecule has 0 heterocycles. The lowest BCUT2D eigenvalue weighted by Crippen LogP contribution is -2.43. The molecular formula is C12H17FN2O2. The molecule has 0 spiro atoms. The number of anilines is 1. The number of halogens is 1. The quantitative estimate of drug-likeness (QED) is 0.784. The fourth-order valence-corrected chi connectivity index (χ4v) is 1.55. The molecular weight excluding hydrogens is 223 g/mol. The maximum Gasteiger partial charge on any atom is 0.324 e. The Balaban J connectivity index is 2.75. The highest BCUT2D eigenvalue weighted by molar-refractivity contribution is 5.76. The number of nitrogens with two attached hydrogens (primary N) is 1. The Hall–Kier alpha value is -1.62. The third kappa shape index (κ3) is 3.71. The van der Waals surface area contributed by atoms with Crippen molar-refractivity contribution in [1.82, 2.24) is 0 Å². The van der Waals surface area contributed by atoms with E-state index in [2.05, 4.69) is 4.74 Å². The molecule has 1 aromatic carbocycles. The van der Waals surface area contributed by atoms with Gasteiger partial charge in [0.05, 0.1) is 7.11 Å². The lowest BCUT2D eigenvalue weighted by molar-refractivity contribution is -0.141. The second-order valence-electron chi connectivity index (χ2n) is 3.65. The molecule has 0 fully saturated rings. The molecule has 17 heavy (non-hydrogen) atoms. The SMILES string of the molecule is CCN(CC(N)C(=O)OC)c1cccc(F)c1. The molecule has 0 aliphatic heterocycles. The fraction of sp³-hybridized carbons (Fsp3) is 0.417. The van der Waals surface area contributed by atoms with Crippen molar-refractivity contribution in [3.05, 3.63) is 30.1 Å². The van der Waals surface area contributed by atoms with E-state index >= 15 is 0 Å². The van der Waals surface area contributed by atoms with E-state index in [0.29, 0.717) is 18.8 Å². The van der Waals surface area contributed by atoms with Crippen LogP contribution >= 0.6 is 0 Å². The molecule has 1 aromatic rings. The number of methoxy groups -OCH3 is 1. The van der Waals surface area contributed by atoms with Crippen LogP contribution in [-0.2, 0) is 9.53 Å². The number of likely N-dealkylation sites (N-methyl/N-ethyl adjacent to an activating group) is 1. The predicted octanol–water partition coefficient (Wildman–Crippen LogP) is 1.15. The maximum atomic E-state index is 13.1. The van der Waals surface area contributed by atoms with Crippen molar-refractivity contribution in [2.75, 3.05) is 25.1 Å². The van der Waals surface area contributed by atoms with Crippen LogP contribution in [0.5, 0.6) is 0 Å². The summed E-state index contributed by atoms with van der Waals surface area (Å²) >= 11 is 0. The summed E-state index contributed by atoms with van der Waals surface area (Å²) in [6, 6.07) is 5.45. The lowest BCUT2D eigenvalue weighted by atomic mass is 10.2. The second-order valence-corrected chi connectivity index (χ2v) is 3.65. The van der Waals surface area contributed by atoms with Gasteiger partial charge in [-0.3, -0.25) is 4.79 Å². The largest absolute Gasteiger partial charge is 0.468 e. The smallest absolute Gasteiger partial charge is 0.324 e. The van der Waals surface area contributed by atoms with E-state index in [1.54, 1.807) is 12.1 Å². The summed E-state index contributed by atoms with van der Waals surface area (Å²) in [5, 5.41) is 0. The molecule has 1 rings (SSSR count). The van der Waals surface area contributed by atoms with Crippen molar-refractivity contribution in [1.29, 1.82) is 0 Å². The van der Waals surface area contributed by atoms with Gasteiger partial charge in [-0.25, -0.2) is 4.39 Å². The van der Waals surface area contributed by atoms with Crippen LogP contribution in [0, 0.1) is 5.82 Å². The normalized spacial score (nSPS) is 12.0. The van der Waals surface area contributed by atoms with Crippen LogP contribution < -0.4 is 10.6 Å². The summed E-state index contributed by atoms with van der Waals surface area (Å²) in [7, 11) is 1.29. The van der Waals surface area contributed by atoms with Crippen LogP contribution in [0.2, 0.25) is 0 Å². The van der Waals surface area contributed by atoms with Gasteiger partial charge in [0.1, 0.15) is 11.9 Å². The molecule has 5 heteroatoms. The first-order valence-electron chi connectivity index (χ1n) is 5.42. The molecule has 1 atom stereocenters. The van der Waals surface area contributed by atoms with Crippen molar-refractivity contribution in [3.8, 4) is 0 Å². The molecule has 1 unspecified atom stereocenters. The van der Waals surface area contributed by atoms with Crippen LogP contribution in [0.4, 0.5) is 10.1 Å². The van der Waals surface area contributed by atoms with E-state index in [0.717, 1.165) is 0 Å². The minimum Gasteiger partial charge on any atom is -0.468 e. The van der Waals surface area contributed by atoms with Crippen LogP contribution in [-0.4, -0.2) is 32.2 Å². The van der Waals surface area contributed by atoms with Gasteiger partial charge in [-0.05, 0) is 25.1 Å². The van der Waals surface area contributed by atoms with E-state index in [-0.39, 0.29) is 5.82 Å². The van der Waals surface area contributed by atoms with Crippen LogP contribution in [0.1, 0.15) is 6.92 Å². The zero-order valence-corrected chi connectivity index (χ0v) is 10.0. The van der Waals surface area contributed by atoms with Gasteiger partial charge in [-0.1, -0.05) is 6.07 Å². The van der Waals surface area contributed by atoms with Gasteiger partial charge in [-0.2, -0.15) is 0 Å². The van der Waals surface area contributed by atoms with E-state index in [4.69, 9.17) is 5.73 Å². The number of esters is 1. The van der Waals surface area contributed by atoms with E-state index in [1.807, 2.05) is 11.8 Å². The van der Waals surface area contributed by atoms with Crippen LogP contribution in [0.15, 0.2) is 24.3 Å². The van der Waals surface area contributed by atoms with Crippen molar-refractivity contribution < 1.29 is 13.9 Å². The van der Waals surface area contributed by atoms with Crippen molar-refractivity contribution in [2.24, 2.45) is 5.73 Å². The Morgan fingerprint density at radius 1 is 1.59 bits per heavy atom. The van der Waals surface area contributed by atoms with E-state index in [9.17, 15) is 9.18 Å². The number of benzene rings is 1. The number of carbonyl (C=O) groups excluding carboxylic acids is 1. The first kappa shape index (κ1) is 13.4. The topological polar surface area (TPSA) is 55.6 Å². The van der Waals surface area contributed by atoms with Crippen LogP contribution in [0.3, 0.4) is 0 Å². The number of hydrogen-bond donors (Lipinski definition) is 1. The number of rotatable bonds is 5. The number of hydrogen-bond acceptors (Lipinski definition) is 4. The van der Waals surface area contributed by atoms with Crippen molar-refractivity contribution >= 4 is 11.7 Å². The third-order valence-corrected chi connectivity index (χ3v) is 2.48. The average Bonchev–Trinajstić information content (AvgIpc) is 2.34. The molecule has 94 valence electrons. The van der Waals surface area contributed by atoms with Crippen molar-refractivity contribution in [3.63, 3.8) is 0 Å². The zero-order chi connectivity index (χ0) is 12.8. The zero-order valence-electron chi connectivity index (χ0n) is 10.0. The van der Waals surface area contributed by atoms with Gasteiger partial charge in [0.15, 0.2) is 0 Å². The summed E-state index contributed by atoms with van der Waals surface area (Å²) in [6.07, 6.45) is 0. The molecule has 0 aliphatic carbocycles. The Morgan fingerprint density at radius 2 is 2.29 bits per heavy atom. The molecule has 0 saturated heterocycles. The highest BCUT2D eigenvalue weighted by Gasteiger charge is 2.17. The molecule has 0 radical (unpaired) electrons. The van der Waals surface area contributed by atoms with Crippen molar-refractivity contribution in [2.45, 2.75) is 13.0 Å². The Morgan fingerprint density at radius 3 is 2.82 bits per heavy atom. The monoisotopic (exact) mass is 240 g/mol. The summed E-state index contributed by atoms with van der Waals surface area (Å²) in [5.41, 5.74) is 6.37. The molecule has 0 bridgehead atoms. The van der Waals surface area contributed by atoms with Gasteiger partial charge >= 0.3 is 5.97 Å². The molecule has 0 aliphatic rings. The number of ether oxygens (including phenoxy) is 1. The lowest BCUT2D eigenvalue weighted by Gasteiger charge is -2.25. The summed E-state index contributed by atoms with van der Waals surface area (Å²) in [5.74, 6) is -0.785. The van der Waals surface area contributed by atoms with E-state index < -0.39 is 12.0 Å². The molecule has 0 aromatic heterocycles. The molecule has 0 amide bonds. The van der Waals surface area contributed by atoms with E-state index in [1.165, 1.54) is 19.2 Å². The van der Waals surface area contributed by atoms with Gasteiger partial charge < -0.3 is 15.4 Å². The molecule has 2 N–H and O–H groups in total. The highest BCUT2D eigenvalue weighted by Crippen LogP contribution is 2.15. The maximum absolute atomic E-state index is 13.1. The second kappa shape index (κ2) is 6.20. The van der Waals surface area contributed by atoms with Gasteiger partial charge in [0.2, 0.25) is 0 Å². The summed E-state index contributed by atoms with van der Waals surface area (Å²) in [6.45, 7) is 2.84. The standard InChI is InChI=1S/C12H17FN2O2/c1-3-15(8-11(14)12(16)17-2)10-6-4-5-9(13)7-10/h4-7,11H,3,8,14H2,1-2H3. The Labute approximate surface area is 100 Å². The minimum absolute atomic E-state index is 0.298. The average molecular weight is 240 g/mol. The van der Waals surface area contributed by atoms with Gasteiger partial charge in [0.25, 0.3) is 0 Å². The molecule has 4 nitrogen and oxygen atoms in total. The highest BCUT2D eigenvalue weighted by atomic mass is 19.1. The molecule has 0 saturated carbocycles. The van der Waals surface area contributed by atoms with Gasteiger partial charge in [0, 0.05) is 18.8 Å². The Kier molecular flexibility index (Phi) is 4.90. The third-order valence-electron chi connectivity index (χ3n) is 2.48. The summed E-state index contributed by atoms with van der Waals surface area (Å²) in [4.78, 5) is 13.0. The number of carbonyl (C=O) groups is 1. The first-order chi connectivity index (χ1) is 8.08. The first-order valence-corrected chi connectivity index (χ1v) is 5.42. The number of nitrogens with zero attached hydrogens (tertiary/aromatic N) is 1. The Bertz CT molecular complexity index is 385. The van der Waals surface area contributed by atoms with Crippen LogP contribution in [0.25, 0.3) is 0 Å².